The van der Waals surface area contributed by atoms with Crippen LogP contribution < -0.4 is 10.6 Å². The Labute approximate surface area is 233 Å². The zero-order valence-corrected chi connectivity index (χ0v) is 23.6. The number of nitrogens with zero attached hydrogens (tertiary/aromatic N) is 5. The smallest absolute Gasteiger partial charge is 0.381 e. The van der Waals surface area contributed by atoms with E-state index in [1.165, 1.54) is 17.5 Å². The second kappa shape index (κ2) is 10.8. The topological polar surface area (TPSA) is 101 Å². The predicted molar refractivity (Wildman–Crippen MR) is 147 cm³/mol. The van der Waals surface area contributed by atoms with Gasteiger partial charge in [0.15, 0.2) is 0 Å². The monoisotopic (exact) mass is 575 g/mol. The number of fused-ring (bicyclic) bond motifs is 1. The molecule has 2 N–H and O–H groups in total. The van der Waals surface area contributed by atoms with Crippen LogP contribution in [0.25, 0.3) is 20.8 Å². The van der Waals surface area contributed by atoms with E-state index in [1.807, 2.05) is 26.8 Å². The van der Waals surface area contributed by atoms with Crippen molar-refractivity contribution in [3.63, 3.8) is 0 Å². The molecule has 214 valence electrons. The van der Waals surface area contributed by atoms with Crippen LogP contribution >= 0.6 is 11.3 Å². The van der Waals surface area contributed by atoms with Crippen LogP contribution in [0, 0.1) is 0 Å². The summed E-state index contributed by atoms with van der Waals surface area (Å²) in [5, 5.41) is 15.0. The van der Waals surface area contributed by atoms with E-state index in [-0.39, 0.29) is 41.3 Å². The molecule has 4 aromatic rings. The highest BCUT2D eigenvalue weighted by Gasteiger charge is 2.33. The third-order valence-electron chi connectivity index (χ3n) is 6.88. The Kier molecular flexibility index (Phi) is 7.62. The van der Waals surface area contributed by atoms with Crippen molar-refractivity contribution in [1.29, 1.82) is 0 Å². The summed E-state index contributed by atoms with van der Waals surface area (Å²) in [5.41, 5.74) is 1.01. The van der Waals surface area contributed by atoms with Gasteiger partial charge in [-0.15, -0.1) is 11.3 Å². The highest BCUT2D eigenvalue weighted by Crippen LogP contribution is 2.43. The molecule has 1 aliphatic heterocycles. The fourth-order valence-corrected chi connectivity index (χ4v) is 5.92. The van der Waals surface area contributed by atoms with Crippen LogP contribution in [0.15, 0.2) is 35.1 Å². The lowest BCUT2D eigenvalue weighted by molar-refractivity contribution is -0.126. The van der Waals surface area contributed by atoms with Gasteiger partial charge in [-0.2, -0.15) is 23.3 Å². The van der Waals surface area contributed by atoms with Crippen molar-refractivity contribution in [3.05, 3.63) is 47.6 Å². The van der Waals surface area contributed by atoms with Gasteiger partial charge < -0.3 is 20.1 Å². The number of hydrogen-bond acceptors (Lipinski definition) is 8. The lowest BCUT2D eigenvalue weighted by Gasteiger charge is -2.30. The summed E-state index contributed by atoms with van der Waals surface area (Å²) in [6.07, 6.45) is -0.504. The maximum atomic E-state index is 13.7. The molecule has 1 amide bonds. The number of hydrogen-bond donors (Lipinski definition) is 2. The lowest BCUT2D eigenvalue weighted by atomic mass is 10.0. The number of carbonyl (C=O) groups excluding carboxylic acids is 1. The molecule has 0 saturated carbocycles. The predicted octanol–water partition coefficient (Wildman–Crippen LogP) is 5.44. The maximum absolute atomic E-state index is 13.7. The van der Waals surface area contributed by atoms with Crippen LogP contribution in [0.1, 0.15) is 55.4 Å². The number of likely N-dealkylation sites (tertiary alicyclic amines) is 1. The highest BCUT2D eigenvalue weighted by molar-refractivity contribution is 7.23. The SMILES string of the molecule is CN1CCC(Nc2cccc3c(CC(F)(F)F)c(-c4noc(CNC(=O)c5cnn(C(C)(C)C)c5)n4)sc23)CC1. The molecule has 9 nitrogen and oxygen atoms in total. The Morgan fingerprint density at radius 3 is 2.62 bits per heavy atom. The Morgan fingerprint density at radius 2 is 1.95 bits per heavy atom. The van der Waals surface area contributed by atoms with E-state index in [0.29, 0.717) is 15.8 Å². The van der Waals surface area contributed by atoms with Gasteiger partial charge in [-0.25, -0.2) is 0 Å². The fourth-order valence-electron chi connectivity index (χ4n) is 4.70. The van der Waals surface area contributed by atoms with E-state index in [4.69, 9.17) is 4.52 Å². The number of benzene rings is 1. The van der Waals surface area contributed by atoms with Gasteiger partial charge in [-0.1, -0.05) is 17.3 Å². The van der Waals surface area contributed by atoms with Crippen molar-refractivity contribution in [2.75, 3.05) is 25.5 Å². The number of amides is 1. The first kappa shape index (κ1) is 28.1. The molecule has 1 fully saturated rings. The standard InChI is InChI=1S/C27H32F3N7O2S/c1-26(2,3)37-15-16(13-32-37)25(38)31-14-21-34-24(35-39-21)23-19(12-27(28,29)30)18-6-5-7-20(22(18)40-23)33-17-8-10-36(4)11-9-17/h5-7,13,15,17,33H,8-12,14H2,1-4H3,(H,31,38). The molecular formula is C27H32F3N7O2S. The van der Waals surface area contributed by atoms with Crippen molar-refractivity contribution in [1.82, 2.24) is 30.1 Å². The van der Waals surface area contributed by atoms with E-state index in [9.17, 15) is 18.0 Å². The molecule has 0 unspecified atom stereocenters. The summed E-state index contributed by atoms with van der Waals surface area (Å²) in [5.74, 6) is -0.221. The Balaban J connectivity index is 1.38. The maximum Gasteiger partial charge on any atom is 0.393 e. The number of halogens is 3. The average Bonchev–Trinajstić information content (AvgIpc) is 3.62. The van der Waals surface area contributed by atoms with Crippen LogP contribution in [0.5, 0.6) is 0 Å². The Bertz CT molecular complexity index is 1490. The number of carbonyl (C=O) groups is 1. The minimum atomic E-state index is -4.42. The lowest BCUT2D eigenvalue weighted by Crippen LogP contribution is -2.36. The van der Waals surface area contributed by atoms with Gasteiger partial charge in [-0.05, 0) is 70.8 Å². The second-order valence-electron chi connectivity index (χ2n) is 11.1. The number of alkyl halides is 3. The molecule has 40 heavy (non-hydrogen) atoms. The molecular weight excluding hydrogens is 543 g/mol. The highest BCUT2D eigenvalue weighted by atomic mass is 32.1. The first-order valence-electron chi connectivity index (χ1n) is 13.1. The van der Waals surface area contributed by atoms with Crippen LogP contribution in [-0.2, 0) is 18.5 Å². The average molecular weight is 576 g/mol. The first-order valence-corrected chi connectivity index (χ1v) is 13.9. The number of aromatic nitrogens is 4. The Morgan fingerprint density at radius 1 is 1.20 bits per heavy atom. The zero-order valence-electron chi connectivity index (χ0n) is 22.8. The summed E-state index contributed by atoms with van der Waals surface area (Å²) in [6.45, 7) is 7.76. The van der Waals surface area contributed by atoms with Crippen molar-refractivity contribution >= 4 is 33.0 Å². The molecule has 0 bridgehead atoms. The van der Waals surface area contributed by atoms with Gasteiger partial charge in [-0.3, -0.25) is 9.48 Å². The molecule has 13 heteroatoms. The molecule has 1 saturated heterocycles. The quantitative estimate of drug-likeness (QED) is 0.303. The van der Waals surface area contributed by atoms with E-state index >= 15 is 0 Å². The van der Waals surface area contributed by atoms with Gasteiger partial charge in [0.1, 0.15) is 0 Å². The normalized spacial score (nSPS) is 15.6. The number of rotatable bonds is 7. The molecule has 3 aromatic heterocycles. The molecule has 5 rings (SSSR count). The molecule has 4 heterocycles. The zero-order chi connectivity index (χ0) is 28.7. The second-order valence-corrected chi connectivity index (χ2v) is 12.2. The third-order valence-corrected chi connectivity index (χ3v) is 8.15. The third kappa shape index (κ3) is 6.30. The van der Waals surface area contributed by atoms with Crippen molar-refractivity contribution in [2.45, 2.75) is 64.3 Å². The van der Waals surface area contributed by atoms with Crippen LogP contribution in [0.3, 0.4) is 0 Å². The Hall–Kier alpha value is -3.45. The van der Waals surface area contributed by atoms with Crippen LogP contribution in [0.4, 0.5) is 18.9 Å². The molecule has 0 spiro atoms. The van der Waals surface area contributed by atoms with Crippen molar-refractivity contribution in [2.24, 2.45) is 0 Å². The van der Waals surface area contributed by atoms with Gasteiger partial charge in [0.25, 0.3) is 5.91 Å². The molecule has 0 aliphatic carbocycles. The minimum absolute atomic E-state index is 0.0653. The number of thiophene rings is 1. The number of piperidine rings is 1. The molecule has 0 atom stereocenters. The fraction of sp³-hybridized carbons (Fsp3) is 0.481. The first-order chi connectivity index (χ1) is 18.9. The largest absolute Gasteiger partial charge is 0.393 e. The summed E-state index contributed by atoms with van der Waals surface area (Å²) in [7, 11) is 2.08. The number of anilines is 1. The van der Waals surface area contributed by atoms with Gasteiger partial charge in [0, 0.05) is 12.2 Å². The number of nitrogens with one attached hydrogen (secondary N) is 2. The minimum Gasteiger partial charge on any atom is -0.381 e. The van der Waals surface area contributed by atoms with Crippen LogP contribution in [-0.4, -0.2) is 63.1 Å². The summed E-state index contributed by atoms with van der Waals surface area (Å²) in [6, 6.07) is 5.62. The van der Waals surface area contributed by atoms with E-state index in [2.05, 4.69) is 37.8 Å². The summed E-state index contributed by atoms with van der Waals surface area (Å²) >= 11 is 1.22. The van der Waals surface area contributed by atoms with Gasteiger partial charge >= 0.3 is 6.18 Å². The van der Waals surface area contributed by atoms with E-state index < -0.39 is 12.6 Å². The van der Waals surface area contributed by atoms with Gasteiger partial charge in [0.05, 0.1) is 45.5 Å². The summed E-state index contributed by atoms with van der Waals surface area (Å²) < 4.78 is 48.7. The van der Waals surface area contributed by atoms with E-state index in [0.717, 1.165) is 36.3 Å². The molecule has 0 radical (unpaired) electrons. The van der Waals surface area contributed by atoms with Gasteiger partial charge in [0.2, 0.25) is 11.7 Å². The molecule has 1 aliphatic rings. The summed E-state index contributed by atoms with van der Waals surface area (Å²) in [4.78, 5) is 19.5. The van der Waals surface area contributed by atoms with Crippen molar-refractivity contribution in [3.8, 4) is 10.7 Å². The van der Waals surface area contributed by atoms with Crippen molar-refractivity contribution < 1.29 is 22.5 Å². The molecule has 1 aromatic carbocycles. The van der Waals surface area contributed by atoms with E-state index in [1.54, 1.807) is 23.0 Å². The van der Waals surface area contributed by atoms with Crippen LogP contribution in [0.2, 0.25) is 0 Å².